The van der Waals surface area contributed by atoms with Crippen molar-refractivity contribution in [3.8, 4) is 0 Å². The third-order valence-electron chi connectivity index (χ3n) is 1.59. The van der Waals surface area contributed by atoms with Gasteiger partial charge in [-0.15, -0.1) is 0 Å². The van der Waals surface area contributed by atoms with Crippen LogP contribution < -0.4 is 5.32 Å². The highest BCUT2D eigenvalue weighted by atomic mass is 16.4. The molecule has 1 aromatic heterocycles. The van der Waals surface area contributed by atoms with Gasteiger partial charge in [0.15, 0.2) is 0 Å². The van der Waals surface area contributed by atoms with Crippen molar-refractivity contribution < 1.29 is 9.90 Å². The van der Waals surface area contributed by atoms with E-state index in [4.69, 9.17) is 5.11 Å². The van der Waals surface area contributed by atoms with Gasteiger partial charge in [-0.1, -0.05) is 13.3 Å². The molecule has 6 nitrogen and oxygen atoms in total. The fraction of sp³-hybridized carbons (Fsp3) is 0.500. The maximum Gasteiger partial charge on any atom is 0.411 e. The number of aromatic nitrogens is 3. The van der Waals surface area contributed by atoms with Crippen LogP contribution in [0.4, 0.5) is 10.7 Å². The summed E-state index contributed by atoms with van der Waals surface area (Å²) in [7, 11) is 0. The predicted molar refractivity (Wildman–Crippen MR) is 50.1 cm³/mol. The van der Waals surface area contributed by atoms with Crippen LogP contribution in [0.2, 0.25) is 0 Å². The van der Waals surface area contributed by atoms with Crippen molar-refractivity contribution in [3.63, 3.8) is 0 Å². The van der Waals surface area contributed by atoms with Gasteiger partial charge in [-0.05, 0) is 6.42 Å². The number of carbonyl (C=O) groups is 1. The Morgan fingerprint density at radius 2 is 2.36 bits per heavy atom. The molecule has 1 aromatic rings. The van der Waals surface area contributed by atoms with E-state index in [0.29, 0.717) is 5.82 Å². The molecular weight excluding hydrogens is 184 g/mol. The molecule has 0 fully saturated rings. The molecule has 0 unspecified atom stereocenters. The van der Waals surface area contributed by atoms with E-state index in [1.807, 2.05) is 0 Å². The number of nitrogens with zero attached hydrogens (tertiary/aromatic N) is 3. The van der Waals surface area contributed by atoms with E-state index < -0.39 is 6.09 Å². The molecule has 0 radical (unpaired) electrons. The Labute approximate surface area is 81.4 Å². The Morgan fingerprint density at radius 3 is 3.00 bits per heavy atom. The molecule has 0 saturated heterocycles. The first kappa shape index (κ1) is 10.4. The second-order valence-corrected chi connectivity index (χ2v) is 2.76. The average Bonchev–Trinajstić information content (AvgIpc) is 2.14. The summed E-state index contributed by atoms with van der Waals surface area (Å²) in [6, 6.07) is 0. The lowest BCUT2D eigenvalue weighted by Crippen LogP contribution is -2.11. The summed E-state index contributed by atoms with van der Waals surface area (Å²) in [6.07, 6.45) is 2.91. The fourth-order valence-corrected chi connectivity index (χ4v) is 0.941. The standard InChI is InChI=1S/C8H12N4O2/c1-2-3-4-6-9-5-10-7(11-6)12-8(13)14/h5H,2-4H2,1H3,(H,13,14)(H,9,10,11,12). The second kappa shape index (κ2) is 5.11. The van der Waals surface area contributed by atoms with Crippen molar-refractivity contribution >= 4 is 12.0 Å². The Balaban J connectivity index is 2.63. The highest BCUT2D eigenvalue weighted by Crippen LogP contribution is 2.01. The van der Waals surface area contributed by atoms with Crippen molar-refractivity contribution in [3.05, 3.63) is 12.2 Å². The van der Waals surface area contributed by atoms with Crippen LogP contribution in [0.5, 0.6) is 0 Å². The quantitative estimate of drug-likeness (QED) is 0.757. The van der Waals surface area contributed by atoms with Gasteiger partial charge in [0.05, 0.1) is 0 Å². The molecule has 0 atom stereocenters. The van der Waals surface area contributed by atoms with Gasteiger partial charge in [-0.2, -0.15) is 4.98 Å². The van der Waals surface area contributed by atoms with Gasteiger partial charge in [-0.25, -0.2) is 14.8 Å². The van der Waals surface area contributed by atoms with E-state index >= 15 is 0 Å². The second-order valence-electron chi connectivity index (χ2n) is 2.76. The SMILES string of the molecule is CCCCc1ncnc(NC(=O)O)n1. The van der Waals surface area contributed by atoms with Crippen molar-refractivity contribution in [2.75, 3.05) is 5.32 Å². The van der Waals surface area contributed by atoms with Crippen molar-refractivity contribution in [2.45, 2.75) is 26.2 Å². The van der Waals surface area contributed by atoms with E-state index in [-0.39, 0.29) is 5.95 Å². The molecule has 0 aliphatic rings. The van der Waals surface area contributed by atoms with Crippen molar-refractivity contribution in [1.29, 1.82) is 0 Å². The Hall–Kier alpha value is -1.72. The van der Waals surface area contributed by atoms with Crippen LogP contribution in [-0.2, 0) is 6.42 Å². The number of nitrogens with one attached hydrogen (secondary N) is 1. The maximum absolute atomic E-state index is 10.3. The minimum absolute atomic E-state index is 0.0820. The first-order chi connectivity index (χ1) is 6.72. The number of anilines is 1. The van der Waals surface area contributed by atoms with Gasteiger partial charge in [0.25, 0.3) is 0 Å². The highest BCUT2D eigenvalue weighted by molar-refractivity contribution is 5.80. The van der Waals surface area contributed by atoms with Crippen LogP contribution in [0.1, 0.15) is 25.6 Å². The van der Waals surface area contributed by atoms with Crippen LogP contribution >= 0.6 is 0 Å². The zero-order valence-electron chi connectivity index (χ0n) is 7.90. The summed E-state index contributed by atoms with van der Waals surface area (Å²) in [5.41, 5.74) is 0. The zero-order chi connectivity index (χ0) is 10.4. The molecule has 1 heterocycles. The molecule has 1 rings (SSSR count). The Bertz CT molecular complexity index is 316. The van der Waals surface area contributed by atoms with Crippen LogP contribution in [-0.4, -0.2) is 26.2 Å². The normalized spacial score (nSPS) is 9.79. The molecule has 0 bridgehead atoms. The lowest BCUT2D eigenvalue weighted by molar-refractivity contribution is 0.209. The molecule has 14 heavy (non-hydrogen) atoms. The van der Waals surface area contributed by atoms with Gasteiger partial charge in [0.2, 0.25) is 5.95 Å². The van der Waals surface area contributed by atoms with Crippen LogP contribution in [0.25, 0.3) is 0 Å². The lowest BCUT2D eigenvalue weighted by atomic mass is 10.2. The summed E-state index contributed by atoms with van der Waals surface area (Å²) in [4.78, 5) is 21.8. The molecule has 76 valence electrons. The van der Waals surface area contributed by atoms with Crippen LogP contribution in [0.15, 0.2) is 6.33 Å². The zero-order valence-corrected chi connectivity index (χ0v) is 7.90. The Kier molecular flexibility index (Phi) is 3.78. The van der Waals surface area contributed by atoms with Crippen molar-refractivity contribution in [2.24, 2.45) is 0 Å². The minimum atomic E-state index is -1.17. The van der Waals surface area contributed by atoms with E-state index in [1.54, 1.807) is 0 Å². The number of hydrogen-bond acceptors (Lipinski definition) is 4. The number of unbranched alkanes of at least 4 members (excludes halogenated alkanes) is 1. The topological polar surface area (TPSA) is 88.0 Å². The van der Waals surface area contributed by atoms with E-state index in [9.17, 15) is 4.79 Å². The van der Waals surface area contributed by atoms with Gasteiger partial charge >= 0.3 is 6.09 Å². The molecule has 0 aliphatic heterocycles. The van der Waals surface area contributed by atoms with E-state index in [1.165, 1.54) is 6.33 Å². The van der Waals surface area contributed by atoms with Gasteiger partial charge < -0.3 is 5.11 Å². The number of carboxylic acid groups (broad SMARTS) is 1. The third-order valence-corrected chi connectivity index (χ3v) is 1.59. The summed E-state index contributed by atoms with van der Waals surface area (Å²) in [6.45, 7) is 2.07. The largest absolute Gasteiger partial charge is 0.465 e. The molecule has 0 aliphatic carbocycles. The molecule has 1 amide bonds. The molecule has 0 spiro atoms. The summed E-state index contributed by atoms with van der Waals surface area (Å²) in [5, 5.41) is 10.5. The molecule has 0 saturated carbocycles. The Morgan fingerprint density at radius 1 is 1.57 bits per heavy atom. The summed E-state index contributed by atoms with van der Waals surface area (Å²) in [5.74, 6) is 0.698. The average molecular weight is 196 g/mol. The van der Waals surface area contributed by atoms with Crippen LogP contribution in [0.3, 0.4) is 0 Å². The number of hydrogen-bond donors (Lipinski definition) is 2. The molecule has 6 heteroatoms. The van der Waals surface area contributed by atoms with Crippen LogP contribution in [0, 0.1) is 0 Å². The lowest BCUT2D eigenvalue weighted by Gasteiger charge is -2.00. The molecular formula is C8H12N4O2. The minimum Gasteiger partial charge on any atom is -0.465 e. The third kappa shape index (κ3) is 3.34. The first-order valence-corrected chi connectivity index (χ1v) is 4.40. The van der Waals surface area contributed by atoms with E-state index in [2.05, 4.69) is 27.2 Å². The monoisotopic (exact) mass is 196 g/mol. The van der Waals surface area contributed by atoms with Crippen molar-refractivity contribution in [1.82, 2.24) is 15.0 Å². The smallest absolute Gasteiger partial charge is 0.411 e. The first-order valence-electron chi connectivity index (χ1n) is 4.40. The summed E-state index contributed by atoms with van der Waals surface area (Å²) >= 11 is 0. The molecule has 0 aromatic carbocycles. The van der Waals surface area contributed by atoms with Gasteiger partial charge in [0.1, 0.15) is 12.2 Å². The fourth-order valence-electron chi connectivity index (χ4n) is 0.941. The molecule has 2 N–H and O–H groups in total. The number of aryl methyl sites for hydroxylation is 1. The predicted octanol–water partition coefficient (Wildman–Crippen LogP) is 1.30. The maximum atomic E-state index is 10.3. The van der Waals surface area contributed by atoms with Gasteiger partial charge in [0, 0.05) is 6.42 Å². The summed E-state index contributed by atoms with van der Waals surface area (Å²) < 4.78 is 0. The highest BCUT2D eigenvalue weighted by Gasteiger charge is 2.02. The number of rotatable bonds is 4. The number of amides is 1. The van der Waals surface area contributed by atoms with Gasteiger partial charge in [-0.3, -0.25) is 5.32 Å². The van der Waals surface area contributed by atoms with E-state index in [0.717, 1.165) is 19.3 Å².